The highest BCUT2D eigenvalue weighted by Gasteiger charge is 2.21. The van der Waals surface area contributed by atoms with E-state index in [0.717, 1.165) is 16.5 Å². The Hall–Kier alpha value is -4.87. The number of H-pyrrole nitrogens is 2. The van der Waals surface area contributed by atoms with Crippen LogP contribution in [0.1, 0.15) is 24.2 Å². The highest BCUT2D eigenvalue weighted by atomic mass is 16.2. The monoisotopic (exact) mass is 498 g/mol. The Morgan fingerprint density at radius 3 is 2.54 bits per heavy atom. The van der Waals surface area contributed by atoms with Gasteiger partial charge in [0.15, 0.2) is 17.1 Å². The van der Waals surface area contributed by atoms with Gasteiger partial charge in [-0.3, -0.25) is 14.9 Å². The number of urea groups is 1. The number of rotatable bonds is 6. The number of imidazole rings is 1. The molecule has 3 N–H and O–H groups in total. The molecule has 0 aliphatic carbocycles. The van der Waals surface area contributed by atoms with Crippen molar-refractivity contribution in [2.24, 2.45) is 0 Å². The highest BCUT2D eigenvalue weighted by Crippen LogP contribution is 2.30. The van der Waals surface area contributed by atoms with E-state index >= 15 is 0 Å². The van der Waals surface area contributed by atoms with E-state index < -0.39 is 0 Å². The van der Waals surface area contributed by atoms with Crippen molar-refractivity contribution in [2.45, 2.75) is 13.8 Å². The molecule has 0 spiro atoms. The summed E-state index contributed by atoms with van der Waals surface area (Å²) in [5, 5.41) is 10.9. The molecular weight excluding hydrogens is 472 g/mol. The molecule has 0 aliphatic heterocycles. The van der Waals surface area contributed by atoms with Crippen LogP contribution in [-0.4, -0.2) is 84.0 Å². The van der Waals surface area contributed by atoms with Gasteiger partial charge in [-0.2, -0.15) is 5.10 Å². The molecular formula is C25H26N10O2. The van der Waals surface area contributed by atoms with E-state index in [2.05, 4.69) is 35.5 Å². The standard InChI is InChI=1S/C25H26N10O2/c1-5-35(6-2)24(36)17-7-8-27-22-19(17)30-23(31-22)20-18-10-15(12-28-21(18)33-32-20)14-9-16(13-26-11-14)29-25(37)34(3)4/h7-13H,5-6H2,1-4H3,(H,29,37)(H,27,30,31)(H,28,32,33). The first-order valence-corrected chi connectivity index (χ1v) is 11.8. The van der Waals surface area contributed by atoms with Crippen molar-refractivity contribution in [1.29, 1.82) is 0 Å². The van der Waals surface area contributed by atoms with Gasteiger partial charge < -0.3 is 20.1 Å². The molecule has 37 heavy (non-hydrogen) atoms. The number of carbonyl (C=O) groups is 2. The Balaban J connectivity index is 1.54. The van der Waals surface area contributed by atoms with E-state index in [4.69, 9.17) is 4.98 Å². The molecule has 188 valence electrons. The molecule has 0 aliphatic rings. The Bertz CT molecular complexity index is 1620. The fraction of sp³-hybridized carbons (Fsp3) is 0.240. The van der Waals surface area contributed by atoms with Crippen LogP contribution in [0.25, 0.3) is 44.8 Å². The third-order valence-electron chi connectivity index (χ3n) is 6.04. The Kier molecular flexibility index (Phi) is 6.22. The van der Waals surface area contributed by atoms with Crippen LogP contribution in [0, 0.1) is 0 Å². The summed E-state index contributed by atoms with van der Waals surface area (Å²) in [4.78, 5) is 49.3. The molecule has 0 saturated carbocycles. The van der Waals surface area contributed by atoms with E-state index in [-0.39, 0.29) is 11.9 Å². The Labute approximate surface area is 212 Å². The normalized spacial score (nSPS) is 11.1. The third kappa shape index (κ3) is 4.44. The van der Waals surface area contributed by atoms with Crippen LogP contribution in [0.2, 0.25) is 0 Å². The number of fused-ring (bicyclic) bond motifs is 2. The molecule has 5 aromatic heterocycles. The zero-order valence-electron chi connectivity index (χ0n) is 20.9. The van der Waals surface area contributed by atoms with Crippen molar-refractivity contribution in [3.05, 3.63) is 48.5 Å². The molecule has 0 bridgehead atoms. The summed E-state index contributed by atoms with van der Waals surface area (Å²) >= 11 is 0. The number of aromatic nitrogens is 7. The largest absolute Gasteiger partial charge is 0.339 e. The van der Waals surface area contributed by atoms with Gasteiger partial charge in [0, 0.05) is 56.9 Å². The van der Waals surface area contributed by atoms with Crippen molar-refractivity contribution < 1.29 is 9.59 Å². The van der Waals surface area contributed by atoms with Crippen molar-refractivity contribution in [3.63, 3.8) is 0 Å². The first-order chi connectivity index (χ1) is 17.9. The van der Waals surface area contributed by atoms with Crippen molar-refractivity contribution in [2.75, 3.05) is 32.5 Å². The first-order valence-electron chi connectivity index (χ1n) is 11.8. The zero-order valence-corrected chi connectivity index (χ0v) is 20.9. The summed E-state index contributed by atoms with van der Waals surface area (Å²) in [7, 11) is 3.34. The predicted molar refractivity (Wildman–Crippen MR) is 140 cm³/mol. The van der Waals surface area contributed by atoms with Crippen molar-refractivity contribution >= 4 is 39.8 Å². The fourth-order valence-corrected chi connectivity index (χ4v) is 4.02. The van der Waals surface area contributed by atoms with Gasteiger partial charge in [-0.15, -0.1) is 0 Å². The van der Waals surface area contributed by atoms with Crippen molar-refractivity contribution in [1.82, 2.24) is 44.9 Å². The number of pyridine rings is 3. The predicted octanol–water partition coefficient (Wildman–Crippen LogP) is 3.53. The Morgan fingerprint density at radius 2 is 1.78 bits per heavy atom. The molecule has 0 atom stereocenters. The van der Waals surface area contributed by atoms with E-state index in [0.29, 0.717) is 52.7 Å². The second-order valence-corrected chi connectivity index (χ2v) is 8.60. The molecule has 12 heteroatoms. The summed E-state index contributed by atoms with van der Waals surface area (Å²) < 4.78 is 0. The SMILES string of the molecule is CCN(CC)C(=O)c1ccnc2[nH]c(-c3n[nH]c4ncc(-c5cncc(NC(=O)N(C)C)c5)cc34)nc12. The van der Waals surface area contributed by atoms with Gasteiger partial charge in [0.05, 0.1) is 22.8 Å². The van der Waals surface area contributed by atoms with E-state index in [1.165, 1.54) is 4.90 Å². The third-order valence-corrected chi connectivity index (χ3v) is 6.04. The summed E-state index contributed by atoms with van der Waals surface area (Å²) in [6.45, 7) is 5.09. The van der Waals surface area contributed by atoms with Gasteiger partial charge in [0.1, 0.15) is 11.2 Å². The second kappa shape index (κ2) is 9.64. The fourth-order valence-electron chi connectivity index (χ4n) is 4.02. The average molecular weight is 499 g/mol. The van der Waals surface area contributed by atoms with Crippen LogP contribution in [0.5, 0.6) is 0 Å². The van der Waals surface area contributed by atoms with Gasteiger partial charge >= 0.3 is 6.03 Å². The molecule has 0 radical (unpaired) electrons. The number of nitrogens with zero attached hydrogens (tertiary/aromatic N) is 7. The minimum absolute atomic E-state index is 0.0972. The maximum atomic E-state index is 13.0. The van der Waals surface area contributed by atoms with Crippen molar-refractivity contribution in [3.8, 4) is 22.6 Å². The van der Waals surface area contributed by atoms with Gasteiger partial charge in [0.2, 0.25) is 0 Å². The average Bonchev–Trinajstić information content (AvgIpc) is 3.53. The molecule has 5 rings (SSSR count). The number of carbonyl (C=O) groups excluding carboxylic acids is 2. The minimum atomic E-state index is -0.248. The second-order valence-electron chi connectivity index (χ2n) is 8.60. The van der Waals surface area contributed by atoms with Gasteiger partial charge in [-0.1, -0.05) is 0 Å². The van der Waals surface area contributed by atoms with E-state index in [1.54, 1.807) is 49.8 Å². The topological polar surface area (TPSA) is 149 Å². The lowest BCUT2D eigenvalue weighted by Gasteiger charge is -2.18. The first kappa shape index (κ1) is 23.9. The van der Waals surface area contributed by atoms with Crippen LogP contribution in [0.15, 0.2) is 43.0 Å². The lowest BCUT2D eigenvalue weighted by atomic mass is 10.1. The van der Waals surface area contributed by atoms with Gasteiger partial charge in [0.25, 0.3) is 5.91 Å². The lowest BCUT2D eigenvalue weighted by molar-refractivity contribution is 0.0774. The molecule has 0 saturated heterocycles. The van der Waals surface area contributed by atoms with Gasteiger partial charge in [-0.25, -0.2) is 19.7 Å². The molecule has 5 aromatic rings. The number of anilines is 1. The molecule has 12 nitrogen and oxygen atoms in total. The lowest BCUT2D eigenvalue weighted by Crippen LogP contribution is -2.30. The zero-order chi connectivity index (χ0) is 26.1. The van der Waals surface area contributed by atoms with Crippen LogP contribution < -0.4 is 5.32 Å². The maximum Gasteiger partial charge on any atom is 0.321 e. The summed E-state index contributed by atoms with van der Waals surface area (Å²) in [6, 6.07) is 5.19. The summed E-state index contributed by atoms with van der Waals surface area (Å²) in [5.41, 5.74) is 4.73. The number of amides is 3. The van der Waals surface area contributed by atoms with Crippen LogP contribution in [0.4, 0.5) is 10.5 Å². The molecule has 3 amide bonds. The van der Waals surface area contributed by atoms with Gasteiger partial charge in [-0.05, 0) is 32.0 Å². The number of hydrogen-bond acceptors (Lipinski definition) is 7. The van der Waals surface area contributed by atoms with Crippen LogP contribution in [0.3, 0.4) is 0 Å². The van der Waals surface area contributed by atoms with E-state index in [9.17, 15) is 9.59 Å². The minimum Gasteiger partial charge on any atom is -0.339 e. The molecule has 0 fully saturated rings. The van der Waals surface area contributed by atoms with E-state index in [1.807, 2.05) is 26.0 Å². The smallest absolute Gasteiger partial charge is 0.321 e. The van der Waals surface area contributed by atoms with Crippen LogP contribution in [-0.2, 0) is 0 Å². The molecule has 0 aromatic carbocycles. The summed E-state index contributed by atoms with van der Waals surface area (Å²) in [5.74, 6) is 0.373. The summed E-state index contributed by atoms with van der Waals surface area (Å²) in [6.07, 6.45) is 6.58. The quantitative estimate of drug-likeness (QED) is 0.324. The van der Waals surface area contributed by atoms with Crippen LogP contribution >= 0.6 is 0 Å². The Morgan fingerprint density at radius 1 is 1.00 bits per heavy atom. The maximum absolute atomic E-state index is 13.0. The number of nitrogens with one attached hydrogen (secondary N) is 3. The number of hydrogen-bond donors (Lipinski definition) is 3. The molecule has 5 heterocycles. The molecule has 0 unspecified atom stereocenters. The highest BCUT2D eigenvalue weighted by molar-refractivity contribution is 6.05. The number of aromatic amines is 2.